The van der Waals surface area contributed by atoms with Crippen LogP contribution in [0.4, 0.5) is 0 Å². The number of aromatic amines is 1. The van der Waals surface area contributed by atoms with Crippen molar-refractivity contribution < 1.29 is 23.9 Å². The summed E-state index contributed by atoms with van der Waals surface area (Å²) >= 11 is 0. The van der Waals surface area contributed by atoms with Crippen molar-refractivity contribution in [3.05, 3.63) is 59.3 Å². The smallest absolute Gasteiger partial charge is 0.231 e. The number of aromatic nitrogens is 1. The molecule has 3 aromatic rings. The number of allylic oxidation sites excluding steroid dienone is 1. The maximum absolute atomic E-state index is 12.9. The van der Waals surface area contributed by atoms with Gasteiger partial charge in [-0.1, -0.05) is 18.2 Å². The van der Waals surface area contributed by atoms with E-state index >= 15 is 0 Å². The molecule has 1 unspecified atom stereocenters. The lowest BCUT2D eigenvalue weighted by Crippen LogP contribution is -3.10. The molecule has 154 valence electrons. The molecule has 0 aliphatic carbocycles. The Morgan fingerprint density at radius 2 is 2.20 bits per heavy atom. The number of H-pyrrole nitrogens is 1. The number of hydrogen-bond donors (Lipinski definition) is 2. The molecule has 1 aromatic heterocycles. The summed E-state index contributed by atoms with van der Waals surface area (Å²) in [5.74, 6) is 2.18. The van der Waals surface area contributed by atoms with Gasteiger partial charge >= 0.3 is 0 Å². The molecule has 2 aliphatic heterocycles. The summed E-state index contributed by atoms with van der Waals surface area (Å²) in [6.07, 6.45) is 6.86. The van der Waals surface area contributed by atoms with Crippen LogP contribution >= 0.6 is 0 Å². The van der Waals surface area contributed by atoms with E-state index in [4.69, 9.17) is 14.2 Å². The molecule has 0 spiro atoms. The van der Waals surface area contributed by atoms with E-state index in [0.29, 0.717) is 17.9 Å². The SMILES string of the molecule is COc1c2c(cc3c1[C@@H](CC(=O)/C=C/c1c[nH]c4ccccc14)[NH+](C)CC3)OCO2. The van der Waals surface area contributed by atoms with E-state index in [-0.39, 0.29) is 18.6 Å². The highest BCUT2D eigenvalue weighted by atomic mass is 16.7. The van der Waals surface area contributed by atoms with Gasteiger partial charge in [-0.15, -0.1) is 0 Å². The molecule has 3 heterocycles. The van der Waals surface area contributed by atoms with Crippen LogP contribution in [-0.2, 0) is 11.2 Å². The van der Waals surface area contributed by atoms with Gasteiger partial charge in [-0.3, -0.25) is 4.79 Å². The Hall–Kier alpha value is -3.25. The Morgan fingerprint density at radius 1 is 1.33 bits per heavy atom. The molecule has 6 nitrogen and oxygen atoms in total. The third-order valence-corrected chi connectivity index (χ3v) is 6.16. The molecule has 0 radical (unpaired) electrons. The van der Waals surface area contributed by atoms with E-state index in [0.717, 1.165) is 40.7 Å². The fraction of sp³-hybridized carbons (Fsp3) is 0.292. The van der Waals surface area contributed by atoms with Crippen LogP contribution in [-0.4, -0.2) is 38.3 Å². The van der Waals surface area contributed by atoms with Gasteiger partial charge in [-0.25, -0.2) is 0 Å². The van der Waals surface area contributed by atoms with Crippen molar-refractivity contribution in [3.8, 4) is 17.2 Å². The van der Waals surface area contributed by atoms with Crippen LogP contribution in [0.3, 0.4) is 0 Å². The van der Waals surface area contributed by atoms with E-state index in [1.165, 1.54) is 10.5 Å². The topological polar surface area (TPSA) is 65.0 Å². The molecule has 0 saturated carbocycles. The summed E-state index contributed by atoms with van der Waals surface area (Å²) in [6.45, 7) is 1.16. The predicted molar refractivity (Wildman–Crippen MR) is 114 cm³/mol. The lowest BCUT2D eigenvalue weighted by molar-refractivity contribution is -0.914. The molecule has 0 amide bonds. The maximum atomic E-state index is 12.9. The quantitative estimate of drug-likeness (QED) is 0.641. The van der Waals surface area contributed by atoms with E-state index in [1.807, 2.05) is 36.5 Å². The van der Waals surface area contributed by atoms with Crippen molar-refractivity contribution in [2.75, 3.05) is 27.5 Å². The number of ketones is 1. The van der Waals surface area contributed by atoms with Crippen LogP contribution in [0.2, 0.25) is 0 Å². The molecule has 5 rings (SSSR count). The number of fused-ring (bicyclic) bond motifs is 3. The van der Waals surface area contributed by atoms with E-state index in [1.54, 1.807) is 13.2 Å². The monoisotopic (exact) mass is 405 g/mol. The highest BCUT2D eigenvalue weighted by Crippen LogP contribution is 2.47. The van der Waals surface area contributed by atoms with Gasteiger partial charge in [-0.2, -0.15) is 0 Å². The minimum Gasteiger partial charge on any atom is -0.492 e. The number of nitrogens with one attached hydrogen (secondary N) is 2. The molecule has 6 heteroatoms. The normalized spacial score (nSPS) is 19.9. The molecular formula is C24H25N2O4+. The Kier molecular flexibility index (Phi) is 4.71. The first-order valence-corrected chi connectivity index (χ1v) is 10.2. The second-order valence-corrected chi connectivity index (χ2v) is 7.91. The third kappa shape index (κ3) is 3.13. The number of methoxy groups -OCH3 is 1. The number of carbonyl (C=O) groups is 1. The summed E-state index contributed by atoms with van der Waals surface area (Å²) in [5.41, 5.74) is 4.33. The fourth-order valence-corrected chi connectivity index (χ4v) is 4.58. The third-order valence-electron chi connectivity index (χ3n) is 6.16. The van der Waals surface area contributed by atoms with E-state index in [9.17, 15) is 4.79 Å². The maximum Gasteiger partial charge on any atom is 0.231 e. The largest absolute Gasteiger partial charge is 0.492 e. The zero-order valence-corrected chi connectivity index (χ0v) is 17.2. The van der Waals surface area contributed by atoms with Crippen molar-refractivity contribution in [2.45, 2.75) is 18.9 Å². The first-order valence-electron chi connectivity index (χ1n) is 10.2. The van der Waals surface area contributed by atoms with Crippen molar-refractivity contribution >= 4 is 22.8 Å². The zero-order chi connectivity index (χ0) is 20.7. The minimum atomic E-state index is 0.0123. The fourth-order valence-electron chi connectivity index (χ4n) is 4.58. The molecule has 0 saturated heterocycles. The Bertz CT molecular complexity index is 1150. The zero-order valence-electron chi connectivity index (χ0n) is 17.2. The summed E-state index contributed by atoms with van der Waals surface area (Å²) in [6, 6.07) is 10.1. The van der Waals surface area contributed by atoms with E-state index < -0.39 is 0 Å². The Labute approximate surface area is 175 Å². The van der Waals surface area contributed by atoms with Crippen molar-refractivity contribution in [1.29, 1.82) is 0 Å². The number of ether oxygens (including phenoxy) is 3. The summed E-state index contributed by atoms with van der Waals surface area (Å²) in [5, 5.41) is 1.11. The van der Waals surface area contributed by atoms with Crippen LogP contribution in [0.25, 0.3) is 17.0 Å². The first-order chi connectivity index (χ1) is 14.7. The highest BCUT2D eigenvalue weighted by Gasteiger charge is 2.37. The lowest BCUT2D eigenvalue weighted by Gasteiger charge is -2.32. The van der Waals surface area contributed by atoms with Gasteiger partial charge in [0.1, 0.15) is 6.04 Å². The molecule has 2 aromatic carbocycles. The Morgan fingerprint density at radius 3 is 3.07 bits per heavy atom. The van der Waals surface area contributed by atoms with Crippen LogP contribution in [0.5, 0.6) is 17.2 Å². The van der Waals surface area contributed by atoms with Crippen LogP contribution in [0.15, 0.2) is 42.6 Å². The number of carbonyl (C=O) groups excluding carboxylic acids is 1. The van der Waals surface area contributed by atoms with Gasteiger partial charge in [-0.05, 0) is 35.4 Å². The number of quaternary nitrogens is 1. The number of rotatable bonds is 5. The van der Waals surface area contributed by atoms with Gasteiger partial charge in [0.25, 0.3) is 0 Å². The van der Waals surface area contributed by atoms with Crippen molar-refractivity contribution in [3.63, 3.8) is 0 Å². The molecule has 2 atom stereocenters. The predicted octanol–water partition coefficient (Wildman–Crippen LogP) is 2.69. The second kappa shape index (κ2) is 7.54. The van der Waals surface area contributed by atoms with Gasteiger partial charge in [0.05, 0.1) is 32.7 Å². The van der Waals surface area contributed by atoms with Gasteiger partial charge in [0.15, 0.2) is 17.3 Å². The highest BCUT2D eigenvalue weighted by molar-refractivity contribution is 5.97. The Balaban J connectivity index is 1.43. The number of benzene rings is 2. The minimum absolute atomic E-state index is 0.0123. The van der Waals surface area contributed by atoms with E-state index in [2.05, 4.69) is 18.1 Å². The summed E-state index contributed by atoms with van der Waals surface area (Å²) in [4.78, 5) is 17.5. The van der Waals surface area contributed by atoms with Gasteiger partial charge in [0.2, 0.25) is 12.5 Å². The van der Waals surface area contributed by atoms with Crippen LogP contribution < -0.4 is 19.1 Å². The summed E-state index contributed by atoms with van der Waals surface area (Å²) in [7, 11) is 3.78. The van der Waals surface area contributed by atoms with Crippen LogP contribution in [0, 0.1) is 0 Å². The number of hydrogen-bond acceptors (Lipinski definition) is 4. The van der Waals surface area contributed by atoms with Crippen molar-refractivity contribution in [1.82, 2.24) is 4.98 Å². The average Bonchev–Trinajstić information content (AvgIpc) is 3.39. The summed E-state index contributed by atoms with van der Waals surface area (Å²) < 4.78 is 17.0. The second-order valence-electron chi connectivity index (χ2n) is 7.91. The molecule has 0 bridgehead atoms. The first kappa shape index (κ1) is 18.8. The molecule has 0 fully saturated rings. The van der Waals surface area contributed by atoms with Gasteiger partial charge < -0.3 is 24.1 Å². The molecule has 2 aliphatic rings. The van der Waals surface area contributed by atoms with Crippen molar-refractivity contribution in [2.24, 2.45) is 0 Å². The molecular weight excluding hydrogens is 380 g/mol. The molecule has 2 N–H and O–H groups in total. The van der Waals surface area contributed by atoms with Gasteiger partial charge in [0, 0.05) is 23.5 Å². The average molecular weight is 405 g/mol. The standard InChI is InChI=1S/C24H24N2O4/c1-26-10-9-15-11-21-23(30-14-29-21)24(28-2)22(15)20(26)12-17(27)8-7-16-13-25-19-6-4-3-5-18(16)19/h3-8,11,13,20,25H,9-10,12,14H2,1-2H3/p+1/b8-7+/t20-/m1/s1. The lowest BCUT2D eigenvalue weighted by atomic mass is 9.88. The molecule has 30 heavy (non-hydrogen) atoms. The number of para-hydroxylation sites is 1. The number of likely N-dealkylation sites (N-methyl/N-ethyl adjacent to an activating group) is 1. The van der Waals surface area contributed by atoms with Crippen LogP contribution in [0.1, 0.15) is 29.2 Å².